The van der Waals surface area contributed by atoms with Crippen LogP contribution in [0.4, 0.5) is 5.69 Å². The Morgan fingerprint density at radius 1 is 1.46 bits per heavy atom. The highest BCUT2D eigenvalue weighted by Crippen LogP contribution is 2.48. The second-order valence-electron chi connectivity index (χ2n) is 3.39. The summed E-state index contributed by atoms with van der Waals surface area (Å²) in [5, 5.41) is 0.736. The molecule has 1 saturated carbocycles. The van der Waals surface area contributed by atoms with Crippen molar-refractivity contribution in [2.45, 2.75) is 18.8 Å². The van der Waals surface area contributed by atoms with Crippen molar-refractivity contribution in [3.05, 3.63) is 22.7 Å². The van der Waals surface area contributed by atoms with E-state index in [1.807, 2.05) is 6.07 Å². The van der Waals surface area contributed by atoms with E-state index in [0.717, 1.165) is 16.3 Å². The highest BCUT2D eigenvalue weighted by molar-refractivity contribution is 6.32. The highest BCUT2D eigenvalue weighted by Gasteiger charge is 2.29. The van der Waals surface area contributed by atoms with E-state index in [-0.39, 0.29) is 0 Å². The van der Waals surface area contributed by atoms with Crippen LogP contribution < -0.4 is 10.5 Å². The van der Waals surface area contributed by atoms with Crippen LogP contribution in [-0.4, -0.2) is 7.11 Å². The summed E-state index contributed by atoms with van der Waals surface area (Å²) >= 11 is 6.09. The maximum Gasteiger partial charge on any atom is 0.125 e. The van der Waals surface area contributed by atoms with Crippen LogP contribution in [0.2, 0.25) is 5.02 Å². The number of nitrogen functional groups attached to an aromatic ring is 1. The Hall–Kier alpha value is -0.890. The average molecular weight is 198 g/mol. The molecule has 1 fully saturated rings. The summed E-state index contributed by atoms with van der Waals surface area (Å²) in [6, 6.07) is 3.62. The van der Waals surface area contributed by atoms with Crippen molar-refractivity contribution in [3.8, 4) is 5.75 Å². The van der Waals surface area contributed by atoms with Crippen molar-refractivity contribution < 1.29 is 4.74 Å². The summed E-state index contributed by atoms with van der Waals surface area (Å²) in [7, 11) is 1.65. The van der Waals surface area contributed by atoms with Crippen LogP contribution in [0.1, 0.15) is 24.3 Å². The lowest BCUT2D eigenvalue weighted by atomic mass is 10.1. The molecule has 3 heteroatoms. The molecular formula is C10H12ClNO. The minimum absolute atomic E-state index is 0.586. The molecule has 13 heavy (non-hydrogen) atoms. The van der Waals surface area contributed by atoms with Crippen molar-refractivity contribution in [2.75, 3.05) is 12.8 Å². The van der Waals surface area contributed by atoms with Gasteiger partial charge >= 0.3 is 0 Å². The minimum atomic E-state index is 0.586. The molecular weight excluding hydrogens is 186 g/mol. The van der Waals surface area contributed by atoms with Gasteiger partial charge in [-0.05, 0) is 24.8 Å². The highest BCUT2D eigenvalue weighted by atomic mass is 35.5. The van der Waals surface area contributed by atoms with Gasteiger partial charge in [0.15, 0.2) is 0 Å². The minimum Gasteiger partial charge on any atom is -0.496 e. The van der Waals surface area contributed by atoms with Crippen molar-refractivity contribution in [2.24, 2.45) is 0 Å². The third-order valence-corrected chi connectivity index (χ3v) is 2.63. The van der Waals surface area contributed by atoms with Gasteiger partial charge in [-0.3, -0.25) is 0 Å². The van der Waals surface area contributed by atoms with E-state index < -0.39 is 0 Å². The lowest BCUT2D eigenvalue weighted by Gasteiger charge is -2.10. The second kappa shape index (κ2) is 3.11. The largest absolute Gasteiger partial charge is 0.496 e. The molecule has 0 bridgehead atoms. The standard InChI is InChI=1S/C10H12ClNO/c1-13-9-5-7(12)4-8(11)10(9)6-2-3-6/h4-6H,2-3,12H2,1H3. The van der Waals surface area contributed by atoms with Crippen LogP contribution in [0.3, 0.4) is 0 Å². The van der Waals surface area contributed by atoms with Gasteiger partial charge in [0.25, 0.3) is 0 Å². The zero-order valence-corrected chi connectivity index (χ0v) is 8.27. The van der Waals surface area contributed by atoms with Gasteiger partial charge in [-0.1, -0.05) is 11.6 Å². The van der Waals surface area contributed by atoms with Crippen LogP contribution in [-0.2, 0) is 0 Å². The molecule has 0 aromatic heterocycles. The molecule has 1 aromatic rings. The lowest BCUT2D eigenvalue weighted by Crippen LogP contribution is -1.94. The Balaban J connectivity index is 2.50. The summed E-state index contributed by atoms with van der Waals surface area (Å²) in [6.45, 7) is 0. The number of hydrogen-bond acceptors (Lipinski definition) is 2. The van der Waals surface area contributed by atoms with E-state index in [4.69, 9.17) is 22.1 Å². The molecule has 2 N–H and O–H groups in total. The summed E-state index contributed by atoms with van der Waals surface area (Å²) in [5.41, 5.74) is 7.44. The Morgan fingerprint density at radius 3 is 2.69 bits per heavy atom. The predicted molar refractivity (Wildman–Crippen MR) is 54.4 cm³/mol. The molecule has 0 spiro atoms. The van der Waals surface area contributed by atoms with Crippen molar-refractivity contribution in [3.63, 3.8) is 0 Å². The van der Waals surface area contributed by atoms with E-state index in [2.05, 4.69) is 0 Å². The van der Waals surface area contributed by atoms with Crippen LogP contribution in [0.15, 0.2) is 12.1 Å². The number of ether oxygens (including phenoxy) is 1. The summed E-state index contributed by atoms with van der Waals surface area (Å²) in [6.07, 6.45) is 2.42. The molecule has 2 nitrogen and oxygen atoms in total. The van der Waals surface area contributed by atoms with Gasteiger partial charge in [-0.2, -0.15) is 0 Å². The third kappa shape index (κ3) is 1.59. The van der Waals surface area contributed by atoms with Gasteiger partial charge in [-0.25, -0.2) is 0 Å². The zero-order chi connectivity index (χ0) is 9.42. The summed E-state index contributed by atoms with van der Waals surface area (Å²) < 4.78 is 5.24. The lowest BCUT2D eigenvalue weighted by molar-refractivity contribution is 0.410. The van der Waals surface area contributed by atoms with Crippen molar-refractivity contribution >= 4 is 17.3 Å². The van der Waals surface area contributed by atoms with Crippen molar-refractivity contribution in [1.29, 1.82) is 0 Å². The molecule has 0 aliphatic heterocycles. The molecule has 1 aliphatic carbocycles. The van der Waals surface area contributed by atoms with E-state index in [9.17, 15) is 0 Å². The smallest absolute Gasteiger partial charge is 0.125 e. The molecule has 70 valence electrons. The Labute approximate surface area is 82.6 Å². The molecule has 0 saturated heterocycles. The fourth-order valence-electron chi connectivity index (χ4n) is 1.55. The first-order valence-electron chi connectivity index (χ1n) is 4.35. The average Bonchev–Trinajstić information content (AvgIpc) is 2.86. The number of benzene rings is 1. The second-order valence-corrected chi connectivity index (χ2v) is 3.80. The number of nitrogens with two attached hydrogens (primary N) is 1. The van der Waals surface area contributed by atoms with E-state index >= 15 is 0 Å². The normalized spacial score (nSPS) is 15.8. The maximum absolute atomic E-state index is 6.09. The van der Waals surface area contributed by atoms with Crippen molar-refractivity contribution in [1.82, 2.24) is 0 Å². The molecule has 0 atom stereocenters. The SMILES string of the molecule is COc1cc(N)cc(Cl)c1C1CC1. The number of anilines is 1. The van der Waals surface area contributed by atoms with Gasteiger partial charge in [0.2, 0.25) is 0 Å². The first-order valence-corrected chi connectivity index (χ1v) is 4.73. The quantitative estimate of drug-likeness (QED) is 0.740. The third-order valence-electron chi connectivity index (χ3n) is 2.32. The zero-order valence-electron chi connectivity index (χ0n) is 7.51. The maximum atomic E-state index is 6.09. The van der Waals surface area contributed by atoms with E-state index in [0.29, 0.717) is 11.6 Å². The summed E-state index contributed by atoms with van der Waals surface area (Å²) in [4.78, 5) is 0. The topological polar surface area (TPSA) is 35.2 Å². The predicted octanol–water partition coefficient (Wildman–Crippen LogP) is 2.81. The monoisotopic (exact) mass is 197 g/mol. The Kier molecular flexibility index (Phi) is 2.08. The number of halogens is 1. The molecule has 0 radical (unpaired) electrons. The van der Waals surface area contributed by atoms with Crippen LogP contribution in [0.5, 0.6) is 5.75 Å². The number of methoxy groups -OCH3 is 1. The van der Waals surface area contributed by atoms with Gasteiger partial charge in [0.05, 0.1) is 7.11 Å². The van der Waals surface area contributed by atoms with E-state index in [1.165, 1.54) is 12.8 Å². The van der Waals surface area contributed by atoms with E-state index in [1.54, 1.807) is 13.2 Å². The first kappa shape index (κ1) is 8.70. The summed E-state index contributed by atoms with van der Waals surface area (Å²) in [5.74, 6) is 1.41. The van der Waals surface area contributed by atoms with Gasteiger partial charge in [0, 0.05) is 22.3 Å². The molecule has 1 aliphatic rings. The molecule has 0 amide bonds. The Bertz CT molecular complexity index is 334. The van der Waals surface area contributed by atoms with Gasteiger partial charge in [-0.15, -0.1) is 0 Å². The number of rotatable bonds is 2. The molecule has 1 aromatic carbocycles. The van der Waals surface area contributed by atoms with Crippen LogP contribution in [0.25, 0.3) is 0 Å². The molecule has 0 unspecified atom stereocenters. The number of hydrogen-bond donors (Lipinski definition) is 1. The molecule has 0 heterocycles. The van der Waals surface area contributed by atoms with Crippen LogP contribution in [0, 0.1) is 0 Å². The van der Waals surface area contributed by atoms with Gasteiger partial charge in [0.1, 0.15) is 5.75 Å². The fourth-order valence-corrected chi connectivity index (χ4v) is 1.92. The fraction of sp³-hybridized carbons (Fsp3) is 0.400. The Morgan fingerprint density at radius 2 is 2.15 bits per heavy atom. The van der Waals surface area contributed by atoms with Crippen LogP contribution >= 0.6 is 11.6 Å². The van der Waals surface area contributed by atoms with Gasteiger partial charge < -0.3 is 10.5 Å². The molecule has 2 rings (SSSR count). The first-order chi connectivity index (χ1) is 6.22.